The molecule has 0 saturated heterocycles. The minimum absolute atomic E-state index is 0.373. The number of ether oxygens (including phenoxy) is 3. The number of benzene rings is 2. The molecule has 116 valence electrons. The fourth-order valence-electron chi connectivity index (χ4n) is 2.34. The standard InChI is InChI=1S/C19H16O4/c1-21-16-9-7-13(8-10-16)18-12-15(19(20)23-18)11-14-5-3-4-6-17(14)22-2/h3-12H,1-2H3/b15-11+. The Morgan fingerprint density at radius 1 is 0.957 bits per heavy atom. The largest absolute Gasteiger partial charge is 0.497 e. The van der Waals surface area contributed by atoms with Crippen LogP contribution in [-0.2, 0) is 9.53 Å². The molecule has 2 aromatic rings. The van der Waals surface area contributed by atoms with E-state index in [1.165, 1.54) is 0 Å². The van der Waals surface area contributed by atoms with Crippen LogP contribution in [0.1, 0.15) is 11.1 Å². The molecular formula is C19H16O4. The van der Waals surface area contributed by atoms with E-state index >= 15 is 0 Å². The predicted octanol–water partition coefficient (Wildman–Crippen LogP) is 3.69. The average molecular weight is 308 g/mol. The van der Waals surface area contributed by atoms with Crippen LogP contribution in [0.5, 0.6) is 11.5 Å². The van der Waals surface area contributed by atoms with Gasteiger partial charge in [0.1, 0.15) is 17.3 Å². The Morgan fingerprint density at radius 3 is 2.39 bits per heavy atom. The summed E-state index contributed by atoms with van der Waals surface area (Å²) < 4.78 is 15.8. The fraction of sp³-hybridized carbons (Fsp3) is 0.105. The number of carbonyl (C=O) groups excluding carboxylic acids is 1. The van der Waals surface area contributed by atoms with Crippen molar-refractivity contribution in [1.82, 2.24) is 0 Å². The first-order valence-corrected chi connectivity index (χ1v) is 7.14. The Bertz CT molecular complexity index is 785. The van der Waals surface area contributed by atoms with E-state index in [2.05, 4.69) is 0 Å². The van der Waals surface area contributed by atoms with Crippen molar-refractivity contribution >= 4 is 17.8 Å². The first kappa shape index (κ1) is 14.9. The van der Waals surface area contributed by atoms with Crippen LogP contribution in [0.3, 0.4) is 0 Å². The molecule has 0 saturated carbocycles. The minimum atomic E-state index is -0.373. The maximum atomic E-state index is 12.1. The minimum Gasteiger partial charge on any atom is -0.497 e. The average Bonchev–Trinajstić information content (AvgIpc) is 2.96. The molecule has 4 nitrogen and oxygen atoms in total. The first-order valence-electron chi connectivity index (χ1n) is 7.14. The molecular weight excluding hydrogens is 292 g/mol. The van der Waals surface area contributed by atoms with Gasteiger partial charge in [-0.2, -0.15) is 0 Å². The van der Waals surface area contributed by atoms with E-state index in [-0.39, 0.29) is 5.97 Å². The second kappa shape index (κ2) is 6.40. The number of para-hydroxylation sites is 1. The van der Waals surface area contributed by atoms with Gasteiger partial charge in [0.2, 0.25) is 0 Å². The molecule has 0 N–H and O–H groups in total. The quantitative estimate of drug-likeness (QED) is 0.638. The Kier molecular flexibility index (Phi) is 4.15. The van der Waals surface area contributed by atoms with Crippen molar-refractivity contribution in [2.45, 2.75) is 0 Å². The molecule has 0 aromatic heterocycles. The van der Waals surface area contributed by atoms with E-state index in [4.69, 9.17) is 14.2 Å². The summed E-state index contributed by atoms with van der Waals surface area (Å²) in [6.45, 7) is 0. The van der Waals surface area contributed by atoms with E-state index in [1.54, 1.807) is 26.4 Å². The first-order chi connectivity index (χ1) is 11.2. The number of carbonyl (C=O) groups is 1. The zero-order valence-electron chi connectivity index (χ0n) is 12.9. The molecule has 0 aliphatic carbocycles. The number of methoxy groups -OCH3 is 2. The van der Waals surface area contributed by atoms with Gasteiger partial charge in [-0.25, -0.2) is 4.79 Å². The van der Waals surface area contributed by atoms with Crippen LogP contribution in [0.4, 0.5) is 0 Å². The predicted molar refractivity (Wildman–Crippen MR) is 88.0 cm³/mol. The highest BCUT2D eigenvalue weighted by molar-refractivity contribution is 6.05. The second-order valence-electron chi connectivity index (χ2n) is 4.97. The van der Waals surface area contributed by atoms with Gasteiger partial charge < -0.3 is 14.2 Å². The second-order valence-corrected chi connectivity index (χ2v) is 4.97. The topological polar surface area (TPSA) is 44.8 Å². The molecule has 1 heterocycles. The Morgan fingerprint density at radius 2 is 1.70 bits per heavy atom. The maximum absolute atomic E-state index is 12.1. The van der Waals surface area contributed by atoms with E-state index in [0.29, 0.717) is 17.1 Å². The zero-order valence-corrected chi connectivity index (χ0v) is 12.9. The van der Waals surface area contributed by atoms with Crippen molar-refractivity contribution in [2.75, 3.05) is 14.2 Å². The molecule has 3 rings (SSSR count). The normalized spacial score (nSPS) is 15.3. The highest BCUT2D eigenvalue weighted by Crippen LogP contribution is 2.30. The molecule has 0 bridgehead atoms. The zero-order chi connectivity index (χ0) is 16.2. The fourth-order valence-corrected chi connectivity index (χ4v) is 2.34. The third-order valence-electron chi connectivity index (χ3n) is 3.55. The molecule has 1 aliphatic heterocycles. The summed E-state index contributed by atoms with van der Waals surface area (Å²) in [5, 5.41) is 0. The number of hydrogen-bond donors (Lipinski definition) is 0. The molecule has 0 spiro atoms. The Labute approximate surface area is 134 Å². The highest BCUT2D eigenvalue weighted by atomic mass is 16.5. The van der Waals surface area contributed by atoms with Crippen LogP contribution in [0, 0.1) is 0 Å². The summed E-state index contributed by atoms with van der Waals surface area (Å²) in [7, 11) is 3.21. The molecule has 0 fully saturated rings. The van der Waals surface area contributed by atoms with Gasteiger partial charge in [0.25, 0.3) is 0 Å². The summed E-state index contributed by atoms with van der Waals surface area (Å²) in [4.78, 5) is 12.1. The van der Waals surface area contributed by atoms with E-state index in [9.17, 15) is 4.79 Å². The summed E-state index contributed by atoms with van der Waals surface area (Å²) in [6.07, 6.45) is 3.49. The van der Waals surface area contributed by atoms with Crippen molar-refractivity contribution < 1.29 is 19.0 Å². The van der Waals surface area contributed by atoms with Gasteiger partial charge in [0.15, 0.2) is 0 Å². The lowest BCUT2D eigenvalue weighted by molar-refractivity contribution is -0.130. The monoisotopic (exact) mass is 308 g/mol. The van der Waals surface area contributed by atoms with Gasteiger partial charge in [-0.15, -0.1) is 0 Å². The van der Waals surface area contributed by atoms with Gasteiger partial charge in [-0.3, -0.25) is 0 Å². The summed E-state index contributed by atoms with van der Waals surface area (Å²) in [5.41, 5.74) is 2.14. The summed E-state index contributed by atoms with van der Waals surface area (Å²) in [5.74, 6) is 1.61. The van der Waals surface area contributed by atoms with E-state index < -0.39 is 0 Å². The number of esters is 1. The molecule has 0 amide bonds. The van der Waals surface area contributed by atoms with Crippen molar-refractivity contribution in [3.63, 3.8) is 0 Å². The lowest BCUT2D eigenvalue weighted by Gasteiger charge is -2.04. The lowest BCUT2D eigenvalue weighted by atomic mass is 10.1. The molecule has 0 radical (unpaired) electrons. The Hall–Kier alpha value is -3.01. The lowest BCUT2D eigenvalue weighted by Crippen LogP contribution is -1.97. The van der Waals surface area contributed by atoms with Gasteiger partial charge in [0.05, 0.1) is 19.8 Å². The SMILES string of the molecule is COc1ccc(C2=C/C(=C\c3ccccc3OC)C(=O)O2)cc1. The van der Waals surface area contributed by atoms with Crippen molar-refractivity contribution in [3.05, 3.63) is 71.3 Å². The molecule has 23 heavy (non-hydrogen) atoms. The Balaban J connectivity index is 1.93. The van der Waals surface area contributed by atoms with Crippen LogP contribution >= 0.6 is 0 Å². The van der Waals surface area contributed by atoms with Crippen molar-refractivity contribution in [1.29, 1.82) is 0 Å². The van der Waals surface area contributed by atoms with Crippen LogP contribution < -0.4 is 9.47 Å². The third kappa shape index (κ3) is 3.11. The van der Waals surface area contributed by atoms with Gasteiger partial charge in [-0.1, -0.05) is 18.2 Å². The van der Waals surface area contributed by atoms with Gasteiger partial charge in [0, 0.05) is 11.1 Å². The van der Waals surface area contributed by atoms with Crippen LogP contribution in [0.2, 0.25) is 0 Å². The number of hydrogen-bond acceptors (Lipinski definition) is 4. The highest BCUT2D eigenvalue weighted by Gasteiger charge is 2.22. The van der Waals surface area contributed by atoms with E-state index in [0.717, 1.165) is 16.9 Å². The number of cyclic esters (lactones) is 1. The third-order valence-corrected chi connectivity index (χ3v) is 3.55. The molecule has 1 aliphatic rings. The van der Waals surface area contributed by atoms with E-state index in [1.807, 2.05) is 48.5 Å². The van der Waals surface area contributed by atoms with Crippen molar-refractivity contribution in [2.24, 2.45) is 0 Å². The van der Waals surface area contributed by atoms with Gasteiger partial charge in [-0.05, 0) is 42.5 Å². The molecule has 0 atom stereocenters. The van der Waals surface area contributed by atoms with Crippen LogP contribution in [0.25, 0.3) is 11.8 Å². The smallest absolute Gasteiger partial charge is 0.343 e. The molecule has 0 unspecified atom stereocenters. The maximum Gasteiger partial charge on any atom is 0.343 e. The summed E-state index contributed by atoms with van der Waals surface area (Å²) >= 11 is 0. The molecule has 2 aromatic carbocycles. The van der Waals surface area contributed by atoms with Crippen LogP contribution in [-0.4, -0.2) is 20.2 Å². The van der Waals surface area contributed by atoms with Crippen LogP contribution in [0.15, 0.2) is 60.2 Å². The molecule has 4 heteroatoms. The van der Waals surface area contributed by atoms with Crippen molar-refractivity contribution in [3.8, 4) is 11.5 Å². The summed E-state index contributed by atoms with van der Waals surface area (Å²) in [6, 6.07) is 14.9. The van der Waals surface area contributed by atoms with Gasteiger partial charge >= 0.3 is 5.97 Å². The number of rotatable bonds is 4.